The van der Waals surface area contributed by atoms with Crippen LogP contribution in [0, 0.1) is 25.2 Å². The second-order valence-electron chi connectivity index (χ2n) is 8.74. The minimum absolute atomic E-state index is 0.0422. The molecular weight excluding hydrogens is 380 g/mol. The second-order valence-corrected chi connectivity index (χ2v) is 8.74. The summed E-state index contributed by atoms with van der Waals surface area (Å²) in [7, 11) is 1.93. The van der Waals surface area contributed by atoms with E-state index in [0.717, 1.165) is 34.8 Å². The van der Waals surface area contributed by atoms with Crippen LogP contribution in [-0.2, 0) is 7.05 Å². The van der Waals surface area contributed by atoms with E-state index in [2.05, 4.69) is 19.9 Å². The van der Waals surface area contributed by atoms with Crippen molar-refractivity contribution in [3.8, 4) is 0 Å². The normalized spacial score (nSPS) is 23.4. The van der Waals surface area contributed by atoms with Gasteiger partial charge in [-0.15, -0.1) is 0 Å². The fraction of sp³-hybridized carbons (Fsp3) is 0.455. The summed E-state index contributed by atoms with van der Waals surface area (Å²) in [6.45, 7) is 6.50. The van der Waals surface area contributed by atoms with E-state index < -0.39 is 0 Å². The van der Waals surface area contributed by atoms with Gasteiger partial charge in [0.1, 0.15) is 17.2 Å². The third-order valence-corrected chi connectivity index (χ3v) is 6.65. The summed E-state index contributed by atoms with van der Waals surface area (Å²) in [5.41, 5.74) is 2.68. The summed E-state index contributed by atoms with van der Waals surface area (Å²) in [5, 5.41) is 11.3. The number of aliphatic hydroxyl groups excluding tert-OH is 1. The minimum Gasteiger partial charge on any atom is -0.396 e. The van der Waals surface area contributed by atoms with Gasteiger partial charge in [0.15, 0.2) is 0 Å². The third-order valence-electron chi connectivity index (χ3n) is 6.65. The molecule has 30 heavy (non-hydrogen) atoms. The van der Waals surface area contributed by atoms with Crippen molar-refractivity contribution >= 4 is 22.8 Å². The molecule has 3 aromatic heterocycles. The molecule has 5 rings (SSSR count). The fourth-order valence-corrected chi connectivity index (χ4v) is 4.96. The Morgan fingerprint density at radius 2 is 2.03 bits per heavy atom. The van der Waals surface area contributed by atoms with Crippen molar-refractivity contribution in [1.29, 1.82) is 0 Å². The SMILES string of the molecule is Cc1cnc(C)c(N2C[C@H]3CN(C(=O)c4ccc5ccn(C)c5n4)C[C@@]3(CO)C2)n1. The van der Waals surface area contributed by atoms with Crippen molar-refractivity contribution in [3.05, 3.63) is 47.7 Å². The third kappa shape index (κ3) is 2.86. The minimum atomic E-state index is -0.345. The van der Waals surface area contributed by atoms with Crippen LogP contribution in [-0.4, -0.2) is 68.2 Å². The summed E-state index contributed by atoms with van der Waals surface area (Å²) in [4.78, 5) is 31.0. The Kier molecular flexibility index (Phi) is 4.28. The zero-order chi connectivity index (χ0) is 21.0. The van der Waals surface area contributed by atoms with E-state index in [1.807, 2.05) is 48.7 Å². The largest absolute Gasteiger partial charge is 0.396 e. The molecule has 1 N–H and O–H groups in total. The van der Waals surface area contributed by atoms with Gasteiger partial charge in [0, 0.05) is 62.3 Å². The van der Waals surface area contributed by atoms with E-state index in [0.29, 0.717) is 25.3 Å². The number of carbonyl (C=O) groups is 1. The van der Waals surface area contributed by atoms with Crippen LogP contribution in [0.3, 0.4) is 0 Å². The number of rotatable bonds is 3. The van der Waals surface area contributed by atoms with Crippen LogP contribution in [0.4, 0.5) is 5.82 Å². The summed E-state index contributed by atoms with van der Waals surface area (Å²) in [5.74, 6) is 0.997. The number of nitrogens with zero attached hydrogens (tertiary/aromatic N) is 6. The molecule has 1 amide bonds. The van der Waals surface area contributed by atoms with E-state index in [1.54, 1.807) is 12.3 Å². The van der Waals surface area contributed by atoms with Crippen molar-refractivity contribution in [2.45, 2.75) is 13.8 Å². The van der Waals surface area contributed by atoms with Gasteiger partial charge in [0.05, 0.1) is 18.0 Å². The predicted octanol–water partition coefficient (Wildman–Crippen LogP) is 1.55. The van der Waals surface area contributed by atoms with Crippen molar-refractivity contribution in [2.75, 3.05) is 37.7 Å². The maximum Gasteiger partial charge on any atom is 0.272 e. The van der Waals surface area contributed by atoms with Crippen LogP contribution < -0.4 is 4.90 Å². The van der Waals surface area contributed by atoms with Gasteiger partial charge in [-0.3, -0.25) is 9.78 Å². The average molecular weight is 406 g/mol. The highest BCUT2D eigenvalue weighted by Gasteiger charge is 2.54. The Bertz CT molecular complexity index is 1140. The van der Waals surface area contributed by atoms with Gasteiger partial charge < -0.3 is 19.5 Å². The van der Waals surface area contributed by atoms with Gasteiger partial charge >= 0.3 is 0 Å². The molecule has 0 aromatic carbocycles. The molecule has 0 saturated carbocycles. The maximum absolute atomic E-state index is 13.2. The highest BCUT2D eigenvalue weighted by Crippen LogP contribution is 2.44. The monoisotopic (exact) mass is 406 g/mol. The lowest BCUT2D eigenvalue weighted by Crippen LogP contribution is -2.39. The van der Waals surface area contributed by atoms with Crippen LogP contribution in [0.25, 0.3) is 11.0 Å². The Labute approximate surface area is 175 Å². The molecule has 0 aliphatic carbocycles. The van der Waals surface area contributed by atoms with Crippen LogP contribution in [0.5, 0.6) is 0 Å². The number of hydrogen-bond donors (Lipinski definition) is 1. The topological polar surface area (TPSA) is 87.4 Å². The molecule has 2 atom stereocenters. The molecule has 0 spiro atoms. The first-order valence-corrected chi connectivity index (χ1v) is 10.3. The Hall–Kier alpha value is -3.00. The summed E-state index contributed by atoms with van der Waals surface area (Å²) >= 11 is 0. The molecular formula is C22H26N6O2. The molecule has 0 radical (unpaired) electrons. The summed E-state index contributed by atoms with van der Waals surface area (Å²) in [6, 6.07) is 5.72. The lowest BCUT2D eigenvalue weighted by molar-refractivity contribution is 0.0742. The molecule has 156 valence electrons. The molecule has 3 aromatic rings. The number of hydrogen-bond acceptors (Lipinski definition) is 6. The molecule has 8 nitrogen and oxygen atoms in total. The van der Waals surface area contributed by atoms with Gasteiger partial charge in [-0.2, -0.15) is 0 Å². The number of amides is 1. The first-order valence-electron chi connectivity index (χ1n) is 10.3. The lowest BCUT2D eigenvalue weighted by Gasteiger charge is -2.28. The number of fused-ring (bicyclic) bond motifs is 2. The van der Waals surface area contributed by atoms with E-state index in [1.165, 1.54) is 0 Å². The number of aryl methyl sites for hydroxylation is 3. The zero-order valence-electron chi connectivity index (χ0n) is 17.5. The highest BCUT2D eigenvalue weighted by atomic mass is 16.3. The molecule has 2 fully saturated rings. The number of pyridine rings is 1. The van der Waals surface area contributed by atoms with Gasteiger partial charge in [-0.1, -0.05) is 0 Å². The van der Waals surface area contributed by atoms with Crippen LogP contribution >= 0.6 is 0 Å². The number of aliphatic hydroxyl groups is 1. The Morgan fingerprint density at radius 3 is 2.80 bits per heavy atom. The van der Waals surface area contributed by atoms with Crippen molar-refractivity contribution < 1.29 is 9.90 Å². The van der Waals surface area contributed by atoms with Crippen molar-refractivity contribution in [2.24, 2.45) is 18.4 Å². The molecule has 0 unspecified atom stereocenters. The standard InChI is InChI=1S/C22H26N6O2/c1-14-8-23-15(2)19(24-14)27-9-17-10-28(12-22(17,11-27)13-29)21(30)18-5-4-16-6-7-26(3)20(16)25-18/h4-8,17,29H,9-13H2,1-3H3/t17-,22+/m0/s1. The molecule has 5 heterocycles. The predicted molar refractivity (Wildman–Crippen MR) is 113 cm³/mol. The van der Waals surface area contributed by atoms with Crippen molar-refractivity contribution in [3.63, 3.8) is 0 Å². The lowest BCUT2D eigenvalue weighted by atomic mass is 9.82. The maximum atomic E-state index is 13.2. The highest BCUT2D eigenvalue weighted by molar-refractivity contribution is 5.94. The quantitative estimate of drug-likeness (QED) is 0.710. The molecule has 0 bridgehead atoms. The number of carbonyl (C=O) groups excluding carboxylic acids is 1. The van der Waals surface area contributed by atoms with E-state index >= 15 is 0 Å². The van der Waals surface area contributed by atoms with Crippen LogP contribution in [0.1, 0.15) is 21.9 Å². The summed E-state index contributed by atoms with van der Waals surface area (Å²) in [6.07, 6.45) is 3.71. The smallest absolute Gasteiger partial charge is 0.272 e. The number of aromatic nitrogens is 4. The zero-order valence-corrected chi connectivity index (χ0v) is 17.5. The average Bonchev–Trinajstić information content (AvgIpc) is 3.39. The number of anilines is 1. The first kappa shape index (κ1) is 19.0. The summed E-state index contributed by atoms with van der Waals surface area (Å²) < 4.78 is 1.92. The Balaban J connectivity index is 1.38. The fourth-order valence-electron chi connectivity index (χ4n) is 4.96. The molecule has 2 aliphatic heterocycles. The molecule has 8 heteroatoms. The van der Waals surface area contributed by atoms with Gasteiger partial charge in [0.2, 0.25) is 0 Å². The van der Waals surface area contributed by atoms with Gasteiger partial charge in [-0.05, 0) is 32.0 Å². The number of likely N-dealkylation sites (tertiary alicyclic amines) is 1. The van der Waals surface area contributed by atoms with Crippen LogP contribution in [0.2, 0.25) is 0 Å². The van der Waals surface area contributed by atoms with Gasteiger partial charge in [-0.25, -0.2) is 9.97 Å². The molecule has 2 aliphatic rings. The van der Waals surface area contributed by atoms with Crippen LogP contribution in [0.15, 0.2) is 30.6 Å². The Morgan fingerprint density at radius 1 is 1.20 bits per heavy atom. The first-order chi connectivity index (χ1) is 14.4. The van der Waals surface area contributed by atoms with Crippen molar-refractivity contribution in [1.82, 2.24) is 24.4 Å². The second kappa shape index (κ2) is 6.77. The van der Waals surface area contributed by atoms with E-state index in [9.17, 15) is 9.90 Å². The van der Waals surface area contributed by atoms with E-state index in [-0.39, 0.29) is 23.8 Å². The van der Waals surface area contributed by atoms with E-state index in [4.69, 9.17) is 0 Å². The van der Waals surface area contributed by atoms with Gasteiger partial charge in [0.25, 0.3) is 5.91 Å². The molecule has 2 saturated heterocycles.